The van der Waals surface area contributed by atoms with Gasteiger partial charge in [-0.1, -0.05) is 29.8 Å². The van der Waals surface area contributed by atoms with Crippen LogP contribution in [0.3, 0.4) is 0 Å². The molecule has 0 aliphatic rings. The summed E-state index contributed by atoms with van der Waals surface area (Å²) in [5.41, 5.74) is 2.64. The van der Waals surface area contributed by atoms with Gasteiger partial charge in [-0.25, -0.2) is 4.98 Å². The van der Waals surface area contributed by atoms with E-state index in [2.05, 4.69) is 58.7 Å². The highest BCUT2D eigenvalue weighted by Crippen LogP contribution is 2.10. The second kappa shape index (κ2) is 7.78. The fraction of sp³-hybridized carbons (Fsp3) is 0.375. The second-order valence-electron chi connectivity index (χ2n) is 4.96. The van der Waals surface area contributed by atoms with Crippen molar-refractivity contribution in [1.29, 1.82) is 0 Å². The summed E-state index contributed by atoms with van der Waals surface area (Å²) in [6, 6.07) is 8.59. The zero-order chi connectivity index (χ0) is 15.1. The number of thiazole rings is 1. The molecule has 0 atom stereocenters. The molecule has 0 bridgehead atoms. The number of hydrogen-bond acceptors (Lipinski definition) is 3. The quantitative estimate of drug-likeness (QED) is 0.659. The summed E-state index contributed by atoms with van der Waals surface area (Å²) in [5, 5.41) is 7.69. The van der Waals surface area contributed by atoms with E-state index < -0.39 is 0 Å². The van der Waals surface area contributed by atoms with E-state index in [0.29, 0.717) is 6.54 Å². The first-order chi connectivity index (χ1) is 10.2. The summed E-state index contributed by atoms with van der Waals surface area (Å²) >= 11 is 1.71. The molecule has 1 aromatic heterocycles. The summed E-state index contributed by atoms with van der Waals surface area (Å²) in [5.74, 6) is 0.815. The molecule has 0 saturated carbocycles. The van der Waals surface area contributed by atoms with Crippen molar-refractivity contribution in [2.45, 2.75) is 26.8 Å². The molecule has 0 fully saturated rings. The van der Waals surface area contributed by atoms with Crippen LogP contribution < -0.4 is 10.6 Å². The standard InChI is InChI=1S/C16H22N4S/c1-12-5-4-6-14(9-12)7-8-18-16(17-3)20-11-15-19-10-13(2)21-15/h4-6,9-10H,7-8,11H2,1-3H3,(H2,17,18,20). The number of hydrogen-bond donors (Lipinski definition) is 2. The highest BCUT2D eigenvalue weighted by molar-refractivity contribution is 7.11. The number of aromatic nitrogens is 1. The van der Waals surface area contributed by atoms with E-state index in [4.69, 9.17) is 0 Å². The van der Waals surface area contributed by atoms with Crippen LogP contribution in [0.5, 0.6) is 0 Å². The van der Waals surface area contributed by atoms with Crippen LogP contribution in [0.4, 0.5) is 0 Å². The van der Waals surface area contributed by atoms with Gasteiger partial charge < -0.3 is 10.6 Å². The van der Waals surface area contributed by atoms with Gasteiger partial charge in [0.15, 0.2) is 5.96 Å². The second-order valence-corrected chi connectivity index (χ2v) is 6.28. The minimum Gasteiger partial charge on any atom is -0.356 e. The minimum atomic E-state index is 0.711. The zero-order valence-corrected chi connectivity index (χ0v) is 13.6. The molecule has 0 radical (unpaired) electrons. The Bertz CT molecular complexity index is 604. The fourth-order valence-electron chi connectivity index (χ4n) is 2.06. The van der Waals surface area contributed by atoms with Gasteiger partial charge in [-0.2, -0.15) is 0 Å². The molecule has 0 saturated heterocycles. The Kier molecular flexibility index (Phi) is 5.75. The van der Waals surface area contributed by atoms with Crippen molar-refractivity contribution in [3.05, 3.63) is 51.5 Å². The number of nitrogens with zero attached hydrogens (tertiary/aromatic N) is 2. The van der Waals surface area contributed by atoms with Crippen LogP contribution in [-0.2, 0) is 13.0 Å². The molecule has 1 aromatic carbocycles. The monoisotopic (exact) mass is 302 g/mol. The molecule has 0 spiro atoms. The van der Waals surface area contributed by atoms with Crippen LogP contribution in [0.2, 0.25) is 0 Å². The molecule has 21 heavy (non-hydrogen) atoms. The van der Waals surface area contributed by atoms with Gasteiger partial charge in [0.1, 0.15) is 5.01 Å². The number of benzene rings is 1. The molecule has 1 heterocycles. The largest absolute Gasteiger partial charge is 0.356 e. The van der Waals surface area contributed by atoms with E-state index in [0.717, 1.165) is 23.9 Å². The Balaban J connectivity index is 1.75. The van der Waals surface area contributed by atoms with Gasteiger partial charge in [-0.15, -0.1) is 11.3 Å². The lowest BCUT2D eigenvalue weighted by Crippen LogP contribution is -2.37. The predicted molar refractivity (Wildman–Crippen MR) is 89.9 cm³/mol. The molecule has 2 aromatic rings. The van der Waals surface area contributed by atoms with Gasteiger partial charge in [0.2, 0.25) is 0 Å². The third kappa shape index (κ3) is 5.19. The Morgan fingerprint density at radius 2 is 2.14 bits per heavy atom. The smallest absolute Gasteiger partial charge is 0.191 e. The average Bonchev–Trinajstić information content (AvgIpc) is 2.88. The van der Waals surface area contributed by atoms with Crippen LogP contribution in [0.15, 0.2) is 35.5 Å². The van der Waals surface area contributed by atoms with E-state index in [1.807, 2.05) is 6.20 Å². The first-order valence-electron chi connectivity index (χ1n) is 7.09. The Morgan fingerprint density at radius 3 is 2.81 bits per heavy atom. The Hall–Kier alpha value is -1.88. The minimum absolute atomic E-state index is 0.711. The molecular weight excluding hydrogens is 280 g/mol. The van der Waals surface area contributed by atoms with Crippen LogP contribution in [0.1, 0.15) is 21.0 Å². The topological polar surface area (TPSA) is 49.3 Å². The van der Waals surface area contributed by atoms with E-state index in [-0.39, 0.29) is 0 Å². The van der Waals surface area contributed by atoms with Crippen molar-refractivity contribution >= 4 is 17.3 Å². The highest BCUT2D eigenvalue weighted by Gasteiger charge is 2.01. The molecular formula is C16H22N4S. The lowest BCUT2D eigenvalue weighted by molar-refractivity contribution is 0.791. The maximum Gasteiger partial charge on any atom is 0.191 e. The summed E-state index contributed by atoms with van der Waals surface area (Å²) in [6.45, 7) is 5.76. The van der Waals surface area contributed by atoms with Gasteiger partial charge >= 0.3 is 0 Å². The van der Waals surface area contributed by atoms with Crippen LogP contribution >= 0.6 is 11.3 Å². The molecule has 112 valence electrons. The first-order valence-corrected chi connectivity index (χ1v) is 7.90. The summed E-state index contributed by atoms with van der Waals surface area (Å²) in [4.78, 5) is 9.79. The molecule has 4 nitrogen and oxygen atoms in total. The number of aryl methyl sites for hydroxylation is 2. The van der Waals surface area contributed by atoms with Crippen LogP contribution in [0, 0.1) is 13.8 Å². The molecule has 0 unspecified atom stereocenters. The van der Waals surface area contributed by atoms with E-state index in [9.17, 15) is 0 Å². The first kappa shape index (κ1) is 15.5. The number of nitrogens with one attached hydrogen (secondary N) is 2. The van der Waals surface area contributed by atoms with Gasteiger partial charge in [-0.3, -0.25) is 4.99 Å². The molecule has 0 amide bonds. The third-order valence-corrected chi connectivity index (χ3v) is 4.00. The molecule has 5 heteroatoms. The van der Waals surface area contributed by atoms with Gasteiger partial charge in [-0.05, 0) is 25.8 Å². The Morgan fingerprint density at radius 1 is 1.29 bits per heavy atom. The van der Waals surface area contributed by atoms with Crippen molar-refractivity contribution < 1.29 is 0 Å². The number of rotatable bonds is 5. The van der Waals surface area contributed by atoms with E-state index in [1.54, 1.807) is 18.4 Å². The maximum atomic E-state index is 4.33. The average molecular weight is 302 g/mol. The third-order valence-electron chi connectivity index (χ3n) is 3.09. The van der Waals surface area contributed by atoms with Gasteiger partial charge in [0.05, 0.1) is 6.54 Å². The Labute approximate surface area is 130 Å². The highest BCUT2D eigenvalue weighted by atomic mass is 32.1. The lowest BCUT2D eigenvalue weighted by Gasteiger charge is -2.11. The van der Waals surface area contributed by atoms with Crippen molar-refractivity contribution in [3.63, 3.8) is 0 Å². The SMILES string of the molecule is CN=C(NCCc1cccc(C)c1)NCc1ncc(C)s1. The van der Waals surface area contributed by atoms with E-state index in [1.165, 1.54) is 16.0 Å². The predicted octanol–water partition coefficient (Wildman–Crippen LogP) is 2.67. The van der Waals surface area contributed by atoms with Crippen LogP contribution in [0.25, 0.3) is 0 Å². The van der Waals surface area contributed by atoms with Crippen molar-refractivity contribution in [3.8, 4) is 0 Å². The molecule has 2 N–H and O–H groups in total. The molecule has 0 aliphatic carbocycles. The van der Waals surface area contributed by atoms with E-state index >= 15 is 0 Å². The lowest BCUT2D eigenvalue weighted by atomic mass is 10.1. The number of guanidine groups is 1. The van der Waals surface area contributed by atoms with Crippen LogP contribution in [-0.4, -0.2) is 24.5 Å². The fourth-order valence-corrected chi connectivity index (χ4v) is 2.78. The maximum absolute atomic E-state index is 4.33. The molecule has 0 aliphatic heterocycles. The number of aliphatic imine (C=N–C) groups is 1. The van der Waals surface area contributed by atoms with Gasteiger partial charge in [0, 0.05) is 24.7 Å². The normalized spacial score (nSPS) is 11.5. The van der Waals surface area contributed by atoms with Crippen molar-refractivity contribution in [2.24, 2.45) is 4.99 Å². The summed E-state index contributed by atoms with van der Waals surface area (Å²) in [7, 11) is 1.79. The van der Waals surface area contributed by atoms with Crippen molar-refractivity contribution in [1.82, 2.24) is 15.6 Å². The van der Waals surface area contributed by atoms with Gasteiger partial charge in [0.25, 0.3) is 0 Å². The molecule has 2 rings (SSSR count). The zero-order valence-electron chi connectivity index (χ0n) is 12.8. The summed E-state index contributed by atoms with van der Waals surface area (Å²) < 4.78 is 0. The summed E-state index contributed by atoms with van der Waals surface area (Å²) in [6.07, 6.45) is 2.88. The van der Waals surface area contributed by atoms with Crippen molar-refractivity contribution in [2.75, 3.05) is 13.6 Å².